The third kappa shape index (κ3) is 3.76. The number of fused-ring (bicyclic) bond motifs is 2. The molecule has 5 rings (SSSR count). The lowest BCUT2D eigenvalue weighted by Gasteiger charge is -2.36. The average molecular weight is 467 g/mol. The average Bonchev–Trinajstić information content (AvgIpc) is 3.36. The van der Waals surface area contributed by atoms with E-state index in [0.717, 1.165) is 0 Å². The summed E-state index contributed by atoms with van der Waals surface area (Å²) in [5, 5.41) is 7.94. The molecule has 2 amide bonds. The van der Waals surface area contributed by atoms with Crippen LogP contribution in [0.3, 0.4) is 0 Å². The number of hydrogen-bond donors (Lipinski definition) is 2. The van der Waals surface area contributed by atoms with Crippen LogP contribution in [0, 0.1) is 5.82 Å². The standard InChI is InChI=1S/C23H23F2N7O2/c1-3-4-16(23(34)32-10-13(25)11-32)29-22(33)15-8-26-21-20(15)28-17(9-27-21)19-14-6-5-12(24)7-18(14)31(2)30-19/h5-9,13,16H,3-4,10-11H2,1-2H3,(H,26,27)(H,29,33)/t16-/m1/s1. The molecule has 176 valence electrons. The first-order chi connectivity index (χ1) is 16.4. The first kappa shape index (κ1) is 21.9. The Morgan fingerprint density at radius 3 is 2.85 bits per heavy atom. The molecule has 1 fully saturated rings. The monoisotopic (exact) mass is 467 g/mol. The minimum absolute atomic E-state index is 0.0543. The fourth-order valence-corrected chi connectivity index (χ4v) is 4.21. The van der Waals surface area contributed by atoms with Gasteiger partial charge in [0, 0.05) is 18.6 Å². The second-order valence-electron chi connectivity index (χ2n) is 8.44. The van der Waals surface area contributed by atoms with Crippen LogP contribution in [-0.4, -0.2) is 66.7 Å². The van der Waals surface area contributed by atoms with E-state index in [1.54, 1.807) is 17.8 Å². The number of hydrogen-bond acceptors (Lipinski definition) is 5. The molecule has 34 heavy (non-hydrogen) atoms. The Hall–Kier alpha value is -3.89. The van der Waals surface area contributed by atoms with Crippen molar-refractivity contribution in [2.75, 3.05) is 13.1 Å². The lowest BCUT2D eigenvalue weighted by molar-refractivity contribution is -0.140. The highest BCUT2D eigenvalue weighted by Gasteiger charge is 2.35. The van der Waals surface area contributed by atoms with Crippen LogP contribution in [-0.2, 0) is 11.8 Å². The maximum atomic E-state index is 13.7. The number of aryl methyl sites for hydroxylation is 1. The summed E-state index contributed by atoms with van der Waals surface area (Å²) in [4.78, 5) is 39.1. The van der Waals surface area contributed by atoms with Crippen molar-refractivity contribution >= 4 is 33.9 Å². The minimum atomic E-state index is -1.01. The Morgan fingerprint density at radius 1 is 1.32 bits per heavy atom. The molecule has 1 aromatic carbocycles. The molecule has 0 bridgehead atoms. The quantitative estimate of drug-likeness (QED) is 0.453. The van der Waals surface area contributed by atoms with Gasteiger partial charge in [-0.1, -0.05) is 13.3 Å². The van der Waals surface area contributed by atoms with Crippen LogP contribution >= 0.6 is 0 Å². The predicted molar refractivity (Wildman–Crippen MR) is 121 cm³/mol. The van der Waals surface area contributed by atoms with E-state index < -0.39 is 18.1 Å². The van der Waals surface area contributed by atoms with Gasteiger partial charge in [0.05, 0.1) is 30.4 Å². The van der Waals surface area contributed by atoms with Gasteiger partial charge in [-0.25, -0.2) is 18.7 Å². The maximum Gasteiger partial charge on any atom is 0.255 e. The molecular weight excluding hydrogens is 444 g/mol. The smallest absolute Gasteiger partial charge is 0.255 e. The number of aromatic amines is 1. The van der Waals surface area contributed by atoms with Gasteiger partial charge in [-0.15, -0.1) is 0 Å². The number of nitrogens with one attached hydrogen (secondary N) is 2. The van der Waals surface area contributed by atoms with Crippen molar-refractivity contribution in [2.24, 2.45) is 7.05 Å². The fourth-order valence-electron chi connectivity index (χ4n) is 4.21. The molecule has 9 nitrogen and oxygen atoms in total. The van der Waals surface area contributed by atoms with Crippen LogP contribution in [0.25, 0.3) is 33.5 Å². The number of halogens is 2. The molecule has 0 radical (unpaired) electrons. The van der Waals surface area contributed by atoms with Gasteiger partial charge in [0.2, 0.25) is 5.91 Å². The van der Waals surface area contributed by atoms with Crippen LogP contribution < -0.4 is 5.32 Å². The molecule has 2 N–H and O–H groups in total. The van der Waals surface area contributed by atoms with E-state index in [2.05, 4.69) is 25.4 Å². The summed E-state index contributed by atoms with van der Waals surface area (Å²) in [5.74, 6) is -1.14. The maximum absolute atomic E-state index is 13.7. The number of carbonyl (C=O) groups is 2. The molecule has 0 spiro atoms. The second-order valence-corrected chi connectivity index (χ2v) is 8.44. The molecule has 11 heteroatoms. The van der Waals surface area contributed by atoms with E-state index in [-0.39, 0.29) is 30.4 Å². The molecule has 1 saturated heterocycles. The van der Waals surface area contributed by atoms with Gasteiger partial charge >= 0.3 is 0 Å². The molecule has 3 aromatic heterocycles. The third-order valence-electron chi connectivity index (χ3n) is 6.01. The summed E-state index contributed by atoms with van der Waals surface area (Å²) >= 11 is 0. The van der Waals surface area contributed by atoms with Crippen molar-refractivity contribution < 1.29 is 18.4 Å². The Kier molecular flexibility index (Phi) is 5.46. The van der Waals surface area contributed by atoms with Crippen LogP contribution in [0.2, 0.25) is 0 Å². The predicted octanol–water partition coefficient (Wildman–Crippen LogP) is 2.73. The van der Waals surface area contributed by atoms with Crippen LogP contribution in [0.15, 0.2) is 30.6 Å². The van der Waals surface area contributed by atoms with Gasteiger partial charge in [-0.3, -0.25) is 14.3 Å². The number of H-pyrrole nitrogens is 1. The SMILES string of the molecule is CCC[C@@H](NC(=O)c1c[nH]c2ncc(-c3nn(C)c4cc(F)ccc34)nc12)C(=O)N1CC(F)C1. The number of alkyl halides is 1. The van der Waals surface area contributed by atoms with E-state index >= 15 is 0 Å². The summed E-state index contributed by atoms with van der Waals surface area (Å²) in [5.41, 5.74) is 2.50. The summed E-state index contributed by atoms with van der Waals surface area (Å²) in [7, 11) is 1.71. The third-order valence-corrected chi connectivity index (χ3v) is 6.01. The Bertz CT molecular complexity index is 1410. The van der Waals surface area contributed by atoms with E-state index in [0.29, 0.717) is 46.3 Å². The molecule has 0 aliphatic carbocycles. The number of benzene rings is 1. The molecular formula is C23H23F2N7O2. The van der Waals surface area contributed by atoms with Crippen molar-refractivity contribution in [3.05, 3.63) is 42.0 Å². The first-order valence-corrected chi connectivity index (χ1v) is 11.1. The lowest BCUT2D eigenvalue weighted by atomic mass is 10.1. The van der Waals surface area contributed by atoms with E-state index in [9.17, 15) is 18.4 Å². The number of amides is 2. The number of aromatic nitrogens is 5. The van der Waals surface area contributed by atoms with Crippen molar-refractivity contribution in [1.82, 2.24) is 34.9 Å². The van der Waals surface area contributed by atoms with Gasteiger partial charge in [-0.2, -0.15) is 5.10 Å². The highest BCUT2D eigenvalue weighted by Crippen LogP contribution is 2.28. The van der Waals surface area contributed by atoms with E-state index in [4.69, 9.17) is 0 Å². The summed E-state index contributed by atoms with van der Waals surface area (Å²) in [6.07, 6.45) is 3.13. The van der Waals surface area contributed by atoms with Gasteiger partial charge in [0.1, 0.15) is 34.9 Å². The highest BCUT2D eigenvalue weighted by atomic mass is 19.1. The normalized spacial score (nSPS) is 15.0. The fraction of sp³-hybridized carbons (Fsp3) is 0.348. The number of likely N-dealkylation sites (tertiary alicyclic amines) is 1. The van der Waals surface area contributed by atoms with Gasteiger partial charge in [0.15, 0.2) is 5.65 Å². The Balaban J connectivity index is 1.46. The molecule has 1 aliphatic heterocycles. The Labute approximate surface area is 193 Å². The second kappa shape index (κ2) is 8.47. The molecule has 0 saturated carbocycles. The molecule has 1 atom stereocenters. The van der Waals surface area contributed by atoms with Gasteiger partial charge < -0.3 is 15.2 Å². The molecule has 1 aliphatic rings. The van der Waals surface area contributed by atoms with Crippen molar-refractivity contribution in [1.29, 1.82) is 0 Å². The largest absolute Gasteiger partial charge is 0.344 e. The van der Waals surface area contributed by atoms with Crippen LogP contribution in [0.5, 0.6) is 0 Å². The molecule has 4 heterocycles. The van der Waals surface area contributed by atoms with Gasteiger partial charge in [0.25, 0.3) is 5.91 Å². The van der Waals surface area contributed by atoms with E-state index in [1.807, 2.05) is 6.92 Å². The summed E-state index contributed by atoms with van der Waals surface area (Å²) in [6.45, 7) is 2.02. The Morgan fingerprint density at radius 2 is 2.12 bits per heavy atom. The highest BCUT2D eigenvalue weighted by molar-refractivity contribution is 6.06. The number of nitrogens with zero attached hydrogens (tertiary/aromatic N) is 5. The van der Waals surface area contributed by atoms with Gasteiger partial charge in [-0.05, 0) is 24.6 Å². The van der Waals surface area contributed by atoms with E-state index in [1.165, 1.54) is 29.4 Å². The zero-order valence-corrected chi connectivity index (χ0v) is 18.7. The summed E-state index contributed by atoms with van der Waals surface area (Å²) in [6, 6.07) is 3.62. The minimum Gasteiger partial charge on any atom is -0.344 e. The van der Waals surface area contributed by atoms with Crippen molar-refractivity contribution in [2.45, 2.75) is 32.0 Å². The molecule has 0 unspecified atom stereocenters. The van der Waals surface area contributed by atoms with Crippen LogP contribution in [0.1, 0.15) is 30.1 Å². The number of rotatable bonds is 6. The first-order valence-electron chi connectivity index (χ1n) is 11.1. The van der Waals surface area contributed by atoms with Crippen molar-refractivity contribution in [3.8, 4) is 11.4 Å². The summed E-state index contributed by atoms with van der Waals surface area (Å²) < 4.78 is 28.5. The topological polar surface area (TPSA) is 109 Å². The lowest BCUT2D eigenvalue weighted by Crippen LogP contribution is -2.58. The van der Waals surface area contributed by atoms with Crippen LogP contribution in [0.4, 0.5) is 8.78 Å². The molecule has 4 aromatic rings. The van der Waals surface area contributed by atoms with Crippen molar-refractivity contribution in [3.63, 3.8) is 0 Å². The number of carbonyl (C=O) groups excluding carboxylic acids is 2. The zero-order chi connectivity index (χ0) is 24.0. The zero-order valence-electron chi connectivity index (χ0n) is 18.7.